The van der Waals surface area contributed by atoms with Crippen LogP contribution in [-0.2, 0) is 9.59 Å². The first-order valence-corrected chi connectivity index (χ1v) is 8.69. The van der Waals surface area contributed by atoms with E-state index in [0.29, 0.717) is 6.54 Å². The summed E-state index contributed by atoms with van der Waals surface area (Å²) >= 11 is 0. The molecule has 3 N–H and O–H groups in total. The zero-order valence-electron chi connectivity index (χ0n) is 14.4. The van der Waals surface area contributed by atoms with Crippen molar-refractivity contribution < 1.29 is 9.59 Å². The van der Waals surface area contributed by atoms with Crippen LogP contribution in [0.4, 0.5) is 0 Å². The van der Waals surface area contributed by atoms with Gasteiger partial charge in [0.2, 0.25) is 11.8 Å². The highest BCUT2D eigenvalue weighted by molar-refractivity contribution is 5.81. The van der Waals surface area contributed by atoms with Crippen LogP contribution in [-0.4, -0.2) is 60.9 Å². The second kappa shape index (κ2) is 9.39. The van der Waals surface area contributed by atoms with E-state index in [1.807, 2.05) is 30.3 Å². The molecule has 1 fully saturated rings. The minimum absolute atomic E-state index is 0.0754. The van der Waals surface area contributed by atoms with Crippen LogP contribution in [0.1, 0.15) is 31.4 Å². The third kappa shape index (κ3) is 5.32. The molecule has 1 saturated heterocycles. The molecule has 1 unspecified atom stereocenters. The van der Waals surface area contributed by atoms with Gasteiger partial charge in [0.25, 0.3) is 0 Å². The molecular formula is C18H28N4O2. The average Bonchev–Trinajstić information content (AvgIpc) is 2.57. The lowest BCUT2D eigenvalue weighted by atomic mass is 10.0. The van der Waals surface area contributed by atoms with E-state index in [-0.39, 0.29) is 11.8 Å². The number of hydrogen-bond donors (Lipinski definition) is 2. The summed E-state index contributed by atoms with van der Waals surface area (Å²) in [4.78, 5) is 28.0. The first kappa shape index (κ1) is 18.4. The van der Waals surface area contributed by atoms with E-state index in [1.165, 1.54) is 0 Å². The second-order valence-corrected chi connectivity index (χ2v) is 6.23. The molecule has 24 heavy (non-hydrogen) atoms. The number of primary amides is 1. The summed E-state index contributed by atoms with van der Waals surface area (Å²) in [6.07, 6.45) is 2.09. The molecule has 6 nitrogen and oxygen atoms in total. The van der Waals surface area contributed by atoms with Crippen molar-refractivity contribution in [3.8, 4) is 0 Å². The van der Waals surface area contributed by atoms with Crippen LogP contribution in [0.25, 0.3) is 0 Å². The summed E-state index contributed by atoms with van der Waals surface area (Å²) in [5.41, 5.74) is 6.55. The van der Waals surface area contributed by atoms with Crippen LogP contribution in [0.15, 0.2) is 30.3 Å². The Labute approximate surface area is 144 Å². The molecule has 0 bridgehead atoms. The molecule has 0 radical (unpaired) electrons. The van der Waals surface area contributed by atoms with Crippen molar-refractivity contribution in [3.05, 3.63) is 35.9 Å². The normalized spacial score (nSPS) is 17.4. The summed E-state index contributed by atoms with van der Waals surface area (Å²) in [6, 6.07) is 9.24. The highest BCUT2D eigenvalue weighted by atomic mass is 16.2. The molecule has 1 heterocycles. The van der Waals surface area contributed by atoms with Crippen molar-refractivity contribution >= 4 is 11.8 Å². The number of piperazine rings is 1. The van der Waals surface area contributed by atoms with E-state index in [1.54, 1.807) is 0 Å². The Balaban J connectivity index is 1.84. The Bertz CT molecular complexity index is 527. The number of unbranched alkanes of at least 4 members (excludes halogenated alkanes) is 1. The maximum atomic E-state index is 11.9. The Hall–Kier alpha value is -1.92. The first-order valence-electron chi connectivity index (χ1n) is 8.69. The average molecular weight is 332 g/mol. The van der Waals surface area contributed by atoms with E-state index in [2.05, 4.69) is 22.0 Å². The van der Waals surface area contributed by atoms with E-state index >= 15 is 0 Å². The van der Waals surface area contributed by atoms with Crippen LogP contribution in [0, 0.1) is 0 Å². The molecule has 0 saturated carbocycles. The maximum Gasteiger partial charge on any atom is 0.239 e. The van der Waals surface area contributed by atoms with Crippen molar-refractivity contribution in [1.82, 2.24) is 15.1 Å². The van der Waals surface area contributed by atoms with Gasteiger partial charge < -0.3 is 11.1 Å². The number of nitrogens with zero attached hydrogens (tertiary/aromatic N) is 2. The lowest BCUT2D eigenvalue weighted by Gasteiger charge is -2.38. The van der Waals surface area contributed by atoms with Gasteiger partial charge in [-0.25, -0.2) is 0 Å². The molecule has 0 spiro atoms. The molecule has 1 aliphatic heterocycles. The Morgan fingerprint density at radius 2 is 1.83 bits per heavy atom. The highest BCUT2D eigenvalue weighted by Gasteiger charge is 2.29. The largest absolute Gasteiger partial charge is 0.368 e. The molecule has 2 rings (SSSR count). The molecule has 1 aromatic carbocycles. The lowest BCUT2D eigenvalue weighted by molar-refractivity contribution is -0.126. The molecule has 1 aliphatic rings. The van der Waals surface area contributed by atoms with E-state index in [0.717, 1.165) is 51.1 Å². The van der Waals surface area contributed by atoms with Crippen molar-refractivity contribution in [3.63, 3.8) is 0 Å². The van der Waals surface area contributed by atoms with Gasteiger partial charge >= 0.3 is 0 Å². The zero-order valence-corrected chi connectivity index (χ0v) is 14.4. The number of nitrogens with one attached hydrogen (secondary N) is 1. The van der Waals surface area contributed by atoms with Gasteiger partial charge in [-0.2, -0.15) is 0 Å². The number of nitrogens with two attached hydrogens (primary N) is 1. The molecule has 0 aromatic heterocycles. The van der Waals surface area contributed by atoms with Crippen LogP contribution in [0.2, 0.25) is 0 Å². The van der Waals surface area contributed by atoms with Crippen LogP contribution < -0.4 is 11.1 Å². The van der Waals surface area contributed by atoms with E-state index in [9.17, 15) is 9.59 Å². The number of benzene rings is 1. The fourth-order valence-corrected chi connectivity index (χ4v) is 3.03. The van der Waals surface area contributed by atoms with Crippen molar-refractivity contribution in [2.75, 3.05) is 39.3 Å². The van der Waals surface area contributed by atoms with Gasteiger partial charge in [0.05, 0.1) is 6.54 Å². The minimum atomic E-state index is -0.397. The van der Waals surface area contributed by atoms with Gasteiger partial charge in [0.15, 0.2) is 0 Å². The highest BCUT2D eigenvalue weighted by Crippen LogP contribution is 2.21. The van der Waals surface area contributed by atoms with Gasteiger partial charge in [-0.15, -0.1) is 0 Å². The molecule has 1 atom stereocenters. The number of carbonyl (C=O) groups excluding carboxylic acids is 2. The monoisotopic (exact) mass is 332 g/mol. The van der Waals surface area contributed by atoms with Crippen molar-refractivity contribution in [1.29, 1.82) is 0 Å². The molecule has 6 heteroatoms. The number of hydrogen-bond acceptors (Lipinski definition) is 4. The van der Waals surface area contributed by atoms with Crippen LogP contribution in [0.3, 0.4) is 0 Å². The number of rotatable bonds is 8. The predicted molar refractivity (Wildman–Crippen MR) is 94.3 cm³/mol. The van der Waals surface area contributed by atoms with Gasteiger partial charge in [0.1, 0.15) is 6.04 Å². The fourth-order valence-electron chi connectivity index (χ4n) is 3.03. The Morgan fingerprint density at radius 1 is 1.17 bits per heavy atom. The Morgan fingerprint density at radius 3 is 2.42 bits per heavy atom. The third-order valence-electron chi connectivity index (χ3n) is 4.38. The SMILES string of the molecule is CCCCNC(=O)CN1CCN(C(C(N)=O)c2ccccc2)CC1. The minimum Gasteiger partial charge on any atom is -0.368 e. The standard InChI is InChI=1S/C18H28N4O2/c1-2-3-9-20-16(23)14-21-10-12-22(13-11-21)17(18(19)24)15-7-5-4-6-8-15/h4-8,17H,2-3,9-14H2,1H3,(H2,19,24)(H,20,23). The molecule has 0 aliphatic carbocycles. The zero-order chi connectivity index (χ0) is 17.4. The summed E-state index contributed by atoms with van der Waals surface area (Å²) in [5, 5.41) is 2.94. The van der Waals surface area contributed by atoms with Crippen molar-refractivity contribution in [2.45, 2.75) is 25.8 Å². The molecule has 1 aromatic rings. The lowest BCUT2D eigenvalue weighted by Crippen LogP contribution is -2.52. The van der Waals surface area contributed by atoms with Crippen molar-refractivity contribution in [2.24, 2.45) is 5.73 Å². The van der Waals surface area contributed by atoms with E-state index in [4.69, 9.17) is 5.73 Å². The van der Waals surface area contributed by atoms with E-state index < -0.39 is 6.04 Å². The summed E-state index contributed by atoms with van der Waals surface area (Å²) in [7, 11) is 0. The number of carbonyl (C=O) groups is 2. The smallest absolute Gasteiger partial charge is 0.239 e. The maximum absolute atomic E-state index is 11.9. The quantitative estimate of drug-likeness (QED) is 0.689. The topological polar surface area (TPSA) is 78.7 Å². The second-order valence-electron chi connectivity index (χ2n) is 6.23. The van der Waals surface area contributed by atoms with Gasteiger partial charge in [-0.3, -0.25) is 19.4 Å². The van der Waals surface area contributed by atoms with Gasteiger partial charge in [-0.1, -0.05) is 43.7 Å². The summed E-state index contributed by atoms with van der Waals surface area (Å²) in [5.74, 6) is -0.252. The molecule has 132 valence electrons. The fraction of sp³-hybridized carbons (Fsp3) is 0.556. The summed E-state index contributed by atoms with van der Waals surface area (Å²) in [6.45, 7) is 6.25. The molecule has 2 amide bonds. The molecular weight excluding hydrogens is 304 g/mol. The van der Waals surface area contributed by atoms with Crippen LogP contribution >= 0.6 is 0 Å². The van der Waals surface area contributed by atoms with Gasteiger partial charge in [-0.05, 0) is 12.0 Å². The van der Waals surface area contributed by atoms with Gasteiger partial charge in [0, 0.05) is 32.7 Å². The third-order valence-corrected chi connectivity index (χ3v) is 4.38. The number of amides is 2. The summed E-state index contributed by atoms with van der Waals surface area (Å²) < 4.78 is 0. The Kier molecular flexibility index (Phi) is 7.21. The predicted octanol–water partition coefficient (Wildman–Crippen LogP) is 0.747. The van der Waals surface area contributed by atoms with Crippen LogP contribution in [0.5, 0.6) is 0 Å². The first-order chi connectivity index (χ1) is 11.6.